The molecule has 2 N–H and O–H groups in total. The zero-order valence-electron chi connectivity index (χ0n) is 6.87. The Kier molecular flexibility index (Phi) is 3.25. The van der Waals surface area contributed by atoms with Crippen LogP contribution in [0, 0.1) is 0 Å². The van der Waals surface area contributed by atoms with Crippen molar-refractivity contribution in [3.8, 4) is 0 Å². The van der Waals surface area contributed by atoms with E-state index in [1.54, 1.807) is 18.3 Å². The lowest BCUT2D eigenvalue weighted by atomic mass is 10.4. The first kappa shape index (κ1) is 9.98. The lowest BCUT2D eigenvalue weighted by Gasteiger charge is -2.02. The number of carbonyl (C=O) groups is 1. The number of amides is 1. The van der Waals surface area contributed by atoms with Crippen molar-refractivity contribution in [1.29, 1.82) is 0 Å². The van der Waals surface area contributed by atoms with Crippen LogP contribution in [-0.2, 0) is 11.3 Å². The van der Waals surface area contributed by atoms with E-state index in [-0.39, 0.29) is 12.0 Å². The Bertz CT molecular complexity index is 373. The van der Waals surface area contributed by atoms with Gasteiger partial charge in [0.2, 0.25) is 5.91 Å². The summed E-state index contributed by atoms with van der Waals surface area (Å²) >= 11 is 3.10. The average Bonchev–Trinajstić information content (AvgIpc) is 2.07. The number of primary amides is 1. The highest BCUT2D eigenvalue weighted by Crippen LogP contribution is 2.00. The molecule has 0 radical (unpaired) electrons. The molecule has 1 amide bonds. The molecule has 1 heterocycles. The normalized spacial score (nSPS) is 9.92. The molecule has 0 saturated carbocycles. The minimum atomic E-state index is -0.410. The maximum Gasteiger partial charge on any atom is 0.264 e. The Labute approximate surface area is 83.5 Å². The van der Waals surface area contributed by atoms with E-state index in [4.69, 9.17) is 5.73 Å². The van der Waals surface area contributed by atoms with Crippen LogP contribution in [0.1, 0.15) is 6.42 Å². The van der Waals surface area contributed by atoms with Crippen LogP contribution in [0.4, 0.5) is 0 Å². The minimum Gasteiger partial charge on any atom is -0.370 e. The molecule has 0 spiro atoms. The zero-order chi connectivity index (χ0) is 9.84. The molecular weight excluding hydrogens is 236 g/mol. The van der Waals surface area contributed by atoms with E-state index in [0.29, 0.717) is 11.0 Å². The first-order valence-electron chi connectivity index (χ1n) is 3.74. The van der Waals surface area contributed by atoms with Gasteiger partial charge in [0.05, 0.1) is 4.47 Å². The van der Waals surface area contributed by atoms with Gasteiger partial charge in [-0.3, -0.25) is 9.59 Å². The Morgan fingerprint density at radius 2 is 2.31 bits per heavy atom. The fourth-order valence-corrected chi connectivity index (χ4v) is 1.29. The van der Waals surface area contributed by atoms with Gasteiger partial charge in [0.25, 0.3) is 5.56 Å². The number of nitrogens with zero attached hydrogens (tertiary/aromatic N) is 1. The van der Waals surface area contributed by atoms with E-state index in [9.17, 15) is 9.59 Å². The summed E-state index contributed by atoms with van der Waals surface area (Å²) < 4.78 is 1.92. The molecule has 0 aliphatic rings. The van der Waals surface area contributed by atoms with Gasteiger partial charge in [-0.15, -0.1) is 0 Å². The molecule has 0 aromatic carbocycles. The Morgan fingerprint density at radius 3 is 2.92 bits per heavy atom. The number of pyridine rings is 1. The van der Waals surface area contributed by atoms with E-state index >= 15 is 0 Å². The third kappa shape index (κ3) is 2.69. The number of rotatable bonds is 3. The summed E-state index contributed by atoms with van der Waals surface area (Å²) in [6.45, 7) is 0.327. The van der Waals surface area contributed by atoms with Crippen molar-refractivity contribution in [3.05, 3.63) is 33.2 Å². The molecule has 5 heteroatoms. The summed E-state index contributed by atoms with van der Waals surface area (Å²) in [5.41, 5.74) is 4.81. The summed E-state index contributed by atoms with van der Waals surface area (Å²) in [4.78, 5) is 21.8. The topological polar surface area (TPSA) is 65.1 Å². The summed E-state index contributed by atoms with van der Waals surface area (Å²) in [7, 11) is 0. The molecule has 13 heavy (non-hydrogen) atoms. The lowest BCUT2D eigenvalue weighted by molar-refractivity contribution is -0.118. The number of carbonyl (C=O) groups excluding carboxylic acids is 1. The minimum absolute atomic E-state index is 0.149. The monoisotopic (exact) mass is 244 g/mol. The lowest BCUT2D eigenvalue weighted by Crippen LogP contribution is -2.23. The smallest absolute Gasteiger partial charge is 0.264 e. The van der Waals surface area contributed by atoms with Gasteiger partial charge in [0.15, 0.2) is 0 Å². The first-order valence-corrected chi connectivity index (χ1v) is 4.54. The van der Waals surface area contributed by atoms with Crippen LogP contribution in [0.2, 0.25) is 0 Å². The number of aromatic nitrogens is 1. The molecule has 0 bridgehead atoms. The predicted octanol–water partition coefficient (Wildman–Crippen LogP) is 0.486. The molecule has 70 valence electrons. The van der Waals surface area contributed by atoms with Crippen molar-refractivity contribution in [2.45, 2.75) is 13.0 Å². The van der Waals surface area contributed by atoms with Gasteiger partial charge in [0, 0.05) is 19.2 Å². The quantitative estimate of drug-likeness (QED) is 0.841. The third-order valence-corrected chi connectivity index (χ3v) is 2.18. The van der Waals surface area contributed by atoms with Crippen molar-refractivity contribution >= 4 is 21.8 Å². The highest BCUT2D eigenvalue weighted by molar-refractivity contribution is 9.10. The van der Waals surface area contributed by atoms with E-state index in [0.717, 1.165) is 0 Å². The second-order valence-electron chi connectivity index (χ2n) is 2.57. The molecule has 0 fully saturated rings. The van der Waals surface area contributed by atoms with Crippen molar-refractivity contribution in [3.63, 3.8) is 0 Å². The third-order valence-electron chi connectivity index (χ3n) is 1.57. The van der Waals surface area contributed by atoms with Gasteiger partial charge in [-0.25, -0.2) is 0 Å². The average molecular weight is 245 g/mol. The van der Waals surface area contributed by atoms with Gasteiger partial charge >= 0.3 is 0 Å². The van der Waals surface area contributed by atoms with E-state index in [1.807, 2.05) is 0 Å². The van der Waals surface area contributed by atoms with Gasteiger partial charge < -0.3 is 10.3 Å². The van der Waals surface area contributed by atoms with Crippen LogP contribution in [0.25, 0.3) is 0 Å². The maximum atomic E-state index is 11.3. The molecule has 0 aliphatic carbocycles. The zero-order valence-corrected chi connectivity index (χ0v) is 8.45. The van der Waals surface area contributed by atoms with Gasteiger partial charge in [0.1, 0.15) is 0 Å². The molecular formula is C8H9BrN2O2. The Morgan fingerprint density at radius 1 is 1.62 bits per heavy atom. The highest BCUT2D eigenvalue weighted by atomic mass is 79.9. The van der Waals surface area contributed by atoms with Crippen molar-refractivity contribution in [1.82, 2.24) is 4.57 Å². The standard InChI is InChI=1S/C8H9BrN2O2/c9-6-2-1-4-11(8(6)13)5-3-7(10)12/h1-2,4H,3,5H2,(H2,10,12). The molecule has 1 aromatic rings. The maximum absolute atomic E-state index is 11.3. The summed E-state index contributed by atoms with van der Waals surface area (Å²) in [6.07, 6.45) is 1.80. The van der Waals surface area contributed by atoms with Gasteiger partial charge in [-0.2, -0.15) is 0 Å². The molecule has 1 aromatic heterocycles. The van der Waals surface area contributed by atoms with Crippen molar-refractivity contribution in [2.24, 2.45) is 5.73 Å². The highest BCUT2D eigenvalue weighted by Gasteiger charge is 2.00. The van der Waals surface area contributed by atoms with Crippen LogP contribution in [0.15, 0.2) is 27.6 Å². The summed E-state index contributed by atoms with van der Waals surface area (Å²) in [5, 5.41) is 0. The largest absolute Gasteiger partial charge is 0.370 e. The number of hydrogen-bond acceptors (Lipinski definition) is 2. The van der Waals surface area contributed by atoms with Crippen LogP contribution in [-0.4, -0.2) is 10.5 Å². The number of hydrogen-bond donors (Lipinski definition) is 1. The van der Waals surface area contributed by atoms with E-state index in [1.165, 1.54) is 4.57 Å². The predicted molar refractivity (Wildman–Crippen MR) is 52.2 cm³/mol. The van der Waals surface area contributed by atoms with Crippen molar-refractivity contribution < 1.29 is 4.79 Å². The molecule has 4 nitrogen and oxygen atoms in total. The number of aryl methyl sites for hydroxylation is 1. The molecule has 0 unspecified atom stereocenters. The first-order chi connectivity index (χ1) is 6.11. The fraction of sp³-hybridized carbons (Fsp3) is 0.250. The van der Waals surface area contributed by atoms with Crippen molar-refractivity contribution in [2.75, 3.05) is 0 Å². The molecule has 0 atom stereocenters. The van der Waals surface area contributed by atoms with Crippen LogP contribution in [0.5, 0.6) is 0 Å². The second-order valence-corrected chi connectivity index (χ2v) is 3.43. The Balaban J connectivity index is 2.84. The molecule has 1 rings (SSSR count). The van der Waals surface area contributed by atoms with E-state index < -0.39 is 5.91 Å². The van der Waals surface area contributed by atoms with Crippen LogP contribution in [0.3, 0.4) is 0 Å². The van der Waals surface area contributed by atoms with Crippen LogP contribution < -0.4 is 11.3 Å². The fourth-order valence-electron chi connectivity index (χ4n) is 0.914. The summed E-state index contributed by atoms with van der Waals surface area (Å²) in [5.74, 6) is -0.410. The number of nitrogens with two attached hydrogens (primary N) is 1. The SMILES string of the molecule is NC(=O)CCn1cccc(Br)c1=O. The van der Waals surface area contributed by atoms with Crippen LogP contribution >= 0.6 is 15.9 Å². The van der Waals surface area contributed by atoms with Gasteiger partial charge in [-0.05, 0) is 28.1 Å². The second kappa shape index (κ2) is 4.23. The number of halogens is 1. The van der Waals surface area contributed by atoms with E-state index in [2.05, 4.69) is 15.9 Å². The molecule has 0 saturated heterocycles. The molecule has 0 aliphatic heterocycles. The van der Waals surface area contributed by atoms with Gasteiger partial charge in [-0.1, -0.05) is 0 Å². The Hall–Kier alpha value is -1.10. The summed E-state index contributed by atoms with van der Waals surface area (Å²) in [6, 6.07) is 3.38.